The molecular formula is C23H29NO4. The van der Waals surface area contributed by atoms with Crippen LogP contribution >= 0.6 is 0 Å². The topological polar surface area (TPSA) is 48.0 Å². The summed E-state index contributed by atoms with van der Waals surface area (Å²) in [6.45, 7) is 7.12. The van der Waals surface area contributed by atoms with Crippen molar-refractivity contribution in [3.8, 4) is 17.2 Å². The standard InChI is InChI=1S/C23H29NO4/c1-23(2,3)28-22(25)24-14-13-17(16-24)15-18-9-5-6-10-19(18)27-21-12-8-7-11-20(21)26-4/h5-12,17H,13-16H2,1-4H3. The van der Waals surface area contributed by atoms with Gasteiger partial charge in [-0.15, -0.1) is 0 Å². The number of rotatable bonds is 5. The molecule has 1 aliphatic rings. The van der Waals surface area contributed by atoms with Crippen LogP contribution in [0.1, 0.15) is 32.8 Å². The summed E-state index contributed by atoms with van der Waals surface area (Å²) in [5.74, 6) is 2.60. The first kappa shape index (κ1) is 20.1. The second-order valence-corrected chi connectivity index (χ2v) is 8.15. The fourth-order valence-corrected chi connectivity index (χ4v) is 3.40. The van der Waals surface area contributed by atoms with Crippen molar-refractivity contribution in [1.29, 1.82) is 0 Å². The largest absolute Gasteiger partial charge is 0.493 e. The third kappa shape index (κ3) is 5.18. The van der Waals surface area contributed by atoms with Crippen LogP contribution in [0.15, 0.2) is 48.5 Å². The lowest BCUT2D eigenvalue weighted by Gasteiger charge is -2.24. The number of carbonyl (C=O) groups excluding carboxylic acids is 1. The Hall–Kier alpha value is -2.69. The fraction of sp³-hybridized carbons (Fsp3) is 0.435. The first-order valence-electron chi connectivity index (χ1n) is 9.72. The molecule has 1 aliphatic heterocycles. The van der Waals surface area contributed by atoms with Gasteiger partial charge in [-0.2, -0.15) is 0 Å². The lowest BCUT2D eigenvalue weighted by atomic mass is 9.98. The summed E-state index contributed by atoms with van der Waals surface area (Å²) >= 11 is 0. The molecule has 0 spiro atoms. The van der Waals surface area contributed by atoms with Crippen LogP contribution < -0.4 is 9.47 Å². The first-order valence-corrected chi connectivity index (χ1v) is 9.72. The summed E-state index contributed by atoms with van der Waals surface area (Å²) in [6, 6.07) is 15.7. The SMILES string of the molecule is COc1ccccc1Oc1ccccc1CC1CCN(C(=O)OC(C)(C)C)C1. The monoisotopic (exact) mass is 383 g/mol. The van der Waals surface area contributed by atoms with Gasteiger partial charge in [0.25, 0.3) is 0 Å². The van der Waals surface area contributed by atoms with E-state index >= 15 is 0 Å². The molecule has 0 saturated carbocycles. The Balaban J connectivity index is 1.67. The van der Waals surface area contributed by atoms with Crippen molar-refractivity contribution >= 4 is 6.09 Å². The summed E-state index contributed by atoms with van der Waals surface area (Å²) in [6.07, 6.45) is 1.58. The quantitative estimate of drug-likeness (QED) is 0.704. The van der Waals surface area contributed by atoms with E-state index in [1.165, 1.54) is 0 Å². The lowest BCUT2D eigenvalue weighted by molar-refractivity contribution is 0.0288. The van der Waals surface area contributed by atoms with E-state index in [1.54, 1.807) is 12.0 Å². The van der Waals surface area contributed by atoms with Gasteiger partial charge in [0, 0.05) is 13.1 Å². The molecule has 150 valence electrons. The number of hydrogen-bond donors (Lipinski definition) is 0. The van der Waals surface area contributed by atoms with Crippen LogP contribution in [0.3, 0.4) is 0 Å². The highest BCUT2D eigenvalue weighted by molar-refractivity contribution is 5.68. The van der Waals surface area contributed by atoms with Gasteiger partial charge < -0.3 is 19.1 Å². The Kier molecular flexibility index (Phi) is 6.12. The minimum absolute atomic E-state index is 0.228. The summed E-state index contributed by atoms with van der Waals surface area (Å²) in [4.78, 5) is 14.1. The maximum Gasteiger partial charge on any atom is 0.410 e. The highest BCUT2D eigenvalue weighted by Crippen LogP contribution is 2.34. The summed E-state index contributed by atoms with van der Waals surface area (Å²) in [5, 5.41) is 0. The lowest BCUT2D eigenvalue weighted by Crippen LogP contribution is -2.35. The van der Waals surface area contributed by atoms with Gasteiger partial charge in [0.1, 0.15) is 11.4 Å². The molecule has 0 aliphatic carbocycles. The Labute approximate surface area is 167 Å². The molecule has 0 aromatic heterocycles. The first-order chi connectivity index (χ1) is 13.4. The minimum Gasteiger partial charge on any atom is -0.493 e. The van der Waals surface area contributed by atoms with Gasteiger partial charge in [-0.3, -0.25) is 0 Å². The van der Waals surface area contributed by atoms with Gasteiger partial charge in [0.15, 0.2) is 11.5 Å². The van der Waals surface area contributed by atoms with Crippen LogP contribution in [-0.2, 0) is 11.2 Å². The van der Waals surface area contributed by atoms with Crippen molar-refractivity contribution in [2.24, 2.45) is 5.92 Å². The second-order valence-electron chi connectivity index (χ2n) is 8.15. The molecule has 2 aromatic rings. The fourth-order valence-electron chi connectivity index (χ4n) is 3.40. The maximum absolute atomic E-state index is 12.3. The number of likely N-dealkylation sites (tertiary alicyclic amines) is 1. The molecule has 5 heteroatoms. The molecule has 1 saturated heterocycles. The number of para-hydroxylation sites is 3. The zero-order valence-electron chi connectivity index (χ0n) is 17.1. The molecule has 5 nitrogen and oxygen atoms in total. The second kappa shape index (κ2) is 8.55. The summed E-state index contributed by atoms with van der Waals surface area (Å²) in [7, 11) is 1.64. The number of nitrogens with zero attached hydrogens (tertiary/aromatic N) is 1. The molecule has 1 fully saturated rings. The van der Waals surface area contributed by atoms with Crippen LogP contribution in [0.2, 0.25) is 0 Å². The summed E-state index contributed by atoms with van der Waals surface area (Å²) in [5.41, 5.74) is 0.661. The Morgan fingerprint density at radius 2 is 1.68 bits per heavy atom. The van der Waals surface area contributed by atoms with E-state index in [1.807, 2.05) is 63.2 Å². The molecule has 0 radical (unpaired) electrons. The average molecular weight is 383 g/mol. The normalized spacial score (nSPS) is 16.7. The van der Waals surface area contributed by atoms with Crippen molar-refractivity contribution < 1.29 is 19.0 Å². The summed E-state index contributed by atoms with van der Waals surface area (Å²) < 4.78 is 17.0. The van der Waals surface area contributed by atoms with Crippen molar-refractivity contribution in [1.82, 2.24) is 4.90 Å². The van der Waals surface area contributed by atoms with E-state index in [9.17, 15) is 4.79 Å². The highest BCUT2D eigenvalue weighted by Gasteiger charge is 2.30. The molecule has 1 heterocycles. The predicted octanol–water partition coefficient (Wildman–Crippen LogP) is 5.29. The van der Waals surface area contributed by atoms with E-state index in [-0.39, 0.29) is 6.09 Å². The number of hydrogen-bond acceptors (Lipinski definition) is 4. The number of methoxy groups -OCH3 is 1. The molecule has 0 N–H and O–H groups in total. The van der Waals surface area contributed by atoms with Crippen LogP contribution in [0.4, 0.5) is 4.79 Å². The van der Waals surface area contributed by atoms with Gasteiger partial charge in [-0.25, -0.2) is 4.79 Å². The highest BCUT2D eigenvalue weighted by atomic mass is 16.6. The predicted molar refractivity (Wildman–Crippen MR) is 109 cm³/mol. The number of ether oxygens (including phenoxy) is 3. The van der Waals surface area contributed by atoms with Crippen molar-refractivity contribution in [3.63, 3.8) is 0 Å². The van der Waals surface area contributed by atoms with E-state index in [2.05, 4.69) is 6.07 Å². The van der Waals surface area contributed by atoms with E-state index in [4.69, 9.17) is 14.2 Å². The number of benzene rings is 2. The average Bonchev–Trinajstić information content (AvgIpc) is 3.11. The van der Waals surface area contributed by atoms with Gasteiger partial charge >= 0.3 is 6.09 Å². The van der Waals surface area contributed by atoms with Gasteiger partial charge in [0.2, 0.25) is 0 Å². The third-order valence-electron chi connectivity index (χ3n) is 4.71. The number of amides is 1. The number of carbonyl (C=O) groups is 1. The molecule has 1 unspecified atom stereocenters. The molecule has 1 atom stereocenters. The third-order valence-corrected chi connectivity index (χ3v) is 4.71. The maximum atomic E-state index is 12.3. The van der Waals surface area contributed by atoms with Crippen LogP contribution in [0.5, 0.6) is 17.2 Å². The molecular weight excluding hydrogens is 354 g/mol. The van der Waals surface area contributed by atoms with Crippen LogP contribution in [-0.4, -0.2) is 36.8 Å². The van der Waals surface area contributed by atoms with Gasteiger partial charge in [-0.1, -0.05) is 30.3 Å². The van der Waals surface area contributed by atoms with Gasteiger partial charge in [0.05, 0.1) is 7.11 Å². The van der Waals surface area contributed by atoms with E-state index in [0.29, 0.717) is 24.0 Å². The van der Waals surface area contributed by atoms with Crippen molar-refractivity contribution in [2.45, 2.75) is 39.2 Å². The molecule has 1 amide bonds. The minimum atomic E-state index is -0.468. The Morgan fingerprint density at radius 3 is 2.36 bits per heavy atom. The Bertz CT molecular complexity index is 812. The smallest absolute Gasteiger partial charge is 0.410 e. The zero-order chi connectivity index (χ0) is 20.1. The van der Waals surface area contributed by atoms with Crippen LogP contribution in [0, 0.1) is 5.92 Å². The van der Waals surface area contributed by atoms with E-state index < -0.39 is 5.60 Å². The molecule has 2 aromatic carbocycles. The van der Waals surface area contributed by atoms with Crippen molar-refractivity contribution in [2.75, 3.05) is 20.2 Å². The van der Waals surface area contributed by atoms with E-state index in [0.717, 1.165) is 30.7 Å². The molecule has 28 heavy (non-hydrogen) atoms. The van der Waals surface area contributed by atoms with Crippen molar-refractivity contribution in [3.05, 3.63) is 54.1 Å². The Morgan fingerprint density at radius 1 is 1.04 bits per heavy atom. The molecule has 0 bridgehead atoms. The zero-order valence-corrected chi connectivity index (χ0v) is 17.1. The van der Waals surface area contributed by atoms with Gasteiger partial charge in [-0.05, 0) is 63.3 Å². The van der Waals surface area contributed by atoms with Crippen LogP contribution in [0.25, 0.3) is 0 Å². The molecule has 3 rings (SSSR count).